The van der Waals surface area contributed by atoms with Crippen LogP contribution in [0.3, 0.4) is 0 Å². The molecular weight excluding hydrogens is 267 g/mol. The monoisotopic (exact) mass is 286 g/mol. The van der Waals surface area contributed by atoms with Crippen LogP contribution in [0, 0.1) is 5.82 Å². The molecule has 1 fully saturated rings. The fraction of sp³-hybridized carbons (Fsp3) is 0.538. The van der Waals surface area contributed by atoms with Crippen LogP contribution >= 0.6 is 0 Å². The molecule has 1 aromatic carbocycles. The molecule has 0 heterocycles. The molecule has 6 heteroatoms. The number of nitrogens with two attached hydrogens (primary N) is 1. The molecule has 0 aromatic heterocycles. The van der Waals surface area contributed by atoms with Gasteiger partial charge < -0.3 is 5.73 Å². The summed E-state index contributed by atoms with van der Waals surface area (Å²) in [6, 6.07) is 4.98. The highest BCUT2D eigenvalue weighted by atomic mass is 32.2. The number of hydrogen-bond donors (Lipinski definition) is 1. The SMILES string of the molecule is NCCN(C1CCCC1)S(=O)(=O)c1ccc(F)cc1. The Bertz CT molecular complexity index is 510. The number of nitrogens with zero attached hydrogens (tertiary/aromatic N) is 1. The predicted octanol–water partition coefficient (Wildman–Crippen LogP) is 1.72. The molecule has 1 aromatic rings. The number of hydrogen-bond acceptors (Lipinski definition) is 3. The van der Waals surface area contributed by atoms with E-state index in [-0.39, 0.29) is 17.5 Å². The third-order valence-corrected chi connectivity index (χ3v) is 5.47. The van der Waals surface area contributed by atoms with E-state index < -0.39 is 15.8 Å². The minimum Gasteiger partial charge on any atom is -0.329 e. The van der Waals surface area contributed by atoms with E-state index in [9.17, 15) is 12.8 Å². The summed E-state index contributed by atoms with van der Waals surface area (Å²) in [6.07, 6.45) is 3.84. The van der Waals surface area contributed by atoms with Crippen molar-refractivity contribution in [1.29, 1.82) is 0 Å². The number of sulfonamides is 1. The van der Waals surface area contributed by atoms with E-state index >= 15 is 0 Å². The molecule has 2 N–H and O–H groups in total. The van der Waals surface area contributed by atoms with Crippen molar-refractivity contribution in [3.63, 3.8) is 0 Å². The maximum atomic E-state index is 12.9. The van der Waals surface area contributed by atoms with Gasteiger partial charge in [-0.3, -0.25) is 0 Å². The van der Waals surface area contributed by atoms with Gasteiger partial charge in [0.2, 0.25) is 10.0 Å². The summed E-state index contributed by atoms with van der Waals surface area (Å²) in [6.45, 7) is 0.599. The van der Waals surface area contributed by atoms with Crippen LogP contribution in [0.15, 0.2) is 29.2 Å². The summed E-state index contributed by atoms with van der Waals surface area (Å²) < 4.78 is 39.5. The van der Waals surface area contributed by atoms with Gasteiger partial charge >= 0.3 is 0 Å². The van der Waals surface area contributed by atoms with Gasteiger partial charge in [-0.15, -0.1) is 0 Å². The van der Waals surface area contributed by atoms with E-state index in [4.69, 9.17) is 5.73 Å². The topological polar surface area (TPSA) is 63.4 Å². The molecule has 0 bridgehead atoms. The Kier molecular flexibility index (Phi) is 4.54. The zero-order chi connectivity index (χ0) is 13.9. The molecular formula is C13H19FN2O2S. The second-order valence-corrected chi connectivity index (χ2v) is 6.69. The first kappa shape index (κ1) is 14.4. The standard InChI is InChI=1S/C13H19FN2O2S/c14-11-5-7-13(8-6-11)19(17,18)16(10-9-15)12-3-1-2-4-12/h5-8,12H,1-4,9-10,15H2. The van der Waals surface area contributed by atoms with Gasteiger partial charge in [0.15, 0.2) is 0 Å². The number of halogens is 1. The molecule has 19 heavy (non-hydrogen) atoms. The smallest absolute Gasteiger partial charge is 0.243 e. The van der Waals surface area contributed by atoms with E-state index in [0.29, 0.717) is 6.54 Å². The van der Waals surface area contributed by atoms with Crippen molar-refractivity contribution in [3.05, 3.63) is 30.1 Å². The van der Waals surface area contributed by atoms with E-state index in [2.05, 4.69) is 0 Å². The molecule has 106 valence electrons. The van der Waals surface area contributed by atoms with Crippen LogP contribution in [0.4, 0.5) is 4.39 Å². The first-order chi connectivity index (χ1) is 9.05. The first-order valence-corrected chi connectivity index (χ1v) is 7.97. The van der Waals surface area contributed by atoms with Crippen molar-refractivity contribution < 1.29 is 12.8 Å². The van der Waals surface area contributed by atoms with E-state index in [1.807, 2.05) is 0 Å². The fourth-order valence-electron chi connectivity index (χ4n) is 2.56. The van der Waals surface area contributed by atoms with Crippen molar-refractivity contribution in [2.24, 2.45) is 5.73 Å². The Morgan fingerprint density at radius 1 is 1.21 bits per heavy atom. The average Bonchev–Trinajstić information content (AvgIpc) is 2.89. The van der Waals surface area contributed by atoms with Crippen LogP contribution < -0.4 is 5.73 Å². The molecule has 1 saturated carbocycles. The molecule has 0 spiro atoms. The molecule has 0 amide bonds. The van der Waals surface area contributed by atoms with Gasteiger partial charge in [-0.25, -0.2) is 12.8 Å². The molecule has 0 radical (unpaired) electrons. The van der Waals surface area contributed by atoms with Crippen LogP contribution in [0.5, 0.6) is 0 Å². The molecule has 1 aliphatic carbocycles. The Morgan fingerprint density at radius 2 is 1.79 bits per heavy atom. The largest absolute Gasteiger partial charge is 0.329 e. The minimum absolute atomic E-state index is 0.0265. The molecule has 0 aliphatic heterocycles. The summed E-state index contributed by atoms with van der Waals surface area (Å²) >= 11 is 0. The van der Waals surface area contributed by atoms with Gasteiger partial charge in [0.1, 0.15) is 5.82 Å². The van der Waals surface area contributed by atoms with E-state index in [1.54, 1.807) is 0 Å². The number of benzene rings is 1. The van der Waals surface area contributed by atoms with Crippen LogP contribution in [0.1, 0.15) is 25.7 Å². The summed E-state index contributed by atoms with van der Waals surface area (Å²) in [5, 5.41) is 0. The zero-order valence-electron chi connectivity index (χ0n) is 10.8. The molecule has 1 aliphatic rings. The molecule has 0 unspecified atom stereocenters. The van der Waals surface area contributed by atoms with E-state index in [1.165, 1.54) is 28.6 Å². The summed E-state index contributed by atoms with van der Waals surface area (Å²) in [7, 11) is -3.58. The quantitative estimate of drug-likeness (QED) is 0.896. The first-order valence-electron chi connectivity index (χ1n) is 6.53. The summed E-state index contributed by atoms with van der Waals surface area (Å²) in [5.74, 6) is -0.440. The van der Waals surface area contributed by atoms with Crippen LogP contribution in [0.2, 0.25) is 0 Å². The van der Waals surface area contributed by atoms with Crippen molar-refractivity contribution in [2.45, 2.75) is 36.6 Å². The maximum absolute atomic E-state index is 12.9. The second-order valence-electron chi connectivity index (χ2n) is 4.80. The van der Waals surface area contributed by atoms with Crippen molar-refractivity contribution >= 4 is 10.0 Å². The lowest BCUT2D eigenvalue weighted by molar-refractivity contribution is 0.328. The van der Waals surface area contributed by atoms with Gasteiger partial charge in [-0.1, -0.05) is 12.8 Å². The number of rotatable bonds is 5. The lowest BCUT2D eigenvalue weighted by Gasteiger charge is -2.27. The summed E-state index contributed by atoms with van der Waals surface area (Å²) in [4.78, 5) is 0.134. The van der Waals surface area contributed by atoms with Gasteiger partial charge in [-0.2, -0.15) is 4.31 Å². The Hall–Kier alpha value is -0.980. The highest BCUT2D eigenvalue weighted by Crippen LogP contribution is 2.28. The predicted molar refractivity (Wildman–Crippen MR) is 71.6 cm³/mol. The molecule has 2 rings (SSSR count). The minimum atomic E-state index is -3.58. The van der Waals surface area contributed by atoms with Gasteiger partial charge in [-0.05, 0) is 37.1 Å². The normalized spacial score (nSPS) is 17.2. The van der Waals surface area contributed by atoms with Crippen LogP contribution in [0.25, 0.3) is 0 Å². The van der Waals surface area contributed by atoms with Gasteiger partial charge in [0, 0.05) is 19.1 Å². The highest BCUT2D eigenvalue weighted by molar-refractivity contribution is 7.89. The van der Waals surface area contributed by atoms with Crippen molar-refractivity contribution in [3.8, 4) is 0 Å². The second kappa shape index (κ2) is 5.98. The van der Waals surface area contributed by atoms with Crippen LogP contribution in [-0.4, -0.2) is 31.9 Å². The maximum Gasteiger partial charge on any atom is 0.243 e. The summed E-state index contributed by atoms with van der Waals surface area (Å²) in [5.41, 5.74) is 5.53. The van der Waals surface area contributed by atoms with Crippen molar-refractivity contribution in [1.82, 2.24) is 4.31 Å². The zero-order valence-corrected chi connectivity index (χ0v) is 11.6. The van der Waals surface area contributed by atoms with Crippen molar-refractivity contribution in [2.75, 3.05) is 13.1 Å². The van der Waals surface area contributed by atoms with Crippen LogP contribution in [-0.2, 0) is 10.0 Å². The third kappa shape index (κ3) is 3.13. The lowest BCUT2D eigenvalue weighted by atomic mass is 10.2. The Labute approximate surface area is 113 Å². The average molecular weight is 286 g/mol. The highest BCUT2D eigenvalue weighted by Gasteiger charge is 2.32. The fourth-order valence-corrected chi connectivity index (χ4v) is 4.26. The Morgan fingerprint density at radius 3 is 2.32 bits per heavy atom. The van der Waals surface area contributed by atoms with Gasteiger partial charge in [0.05, 0.1) is 4.90 Å². The van der Waals surface area contributed by atoms with E-state index in [0.717, 1.165) is 25.7 Å². The molecule has 4 nitrogen and oxygen atoms in total. The molecule has 0 atom stereocenters. The lowest BCUT2D eigenvalue weighted by Crippen LogP contribution is -2.41. The van der Waals surface area contributed by atoms with Gasteiger partial charge in [0.25, 0.3) is 0 Å². The third-order valence-electron chi connectivity index (χ3n) is 3.50. The Balaban J connectivity index is 2.30. The molecule has 0 saturated heterocycles.